The van der Waals surface area contributed by atoms with Crippen LogP contribution in [0.5, 0.6) is 0 Å². The van der Waals surface area contributed by atoms with Crippen molar-refractivity contribution < 1.29 is 37.7 Å². The summed E-state index contributed by atoms with van der Waals surface area (Å²) >= 11 is 0. The Kier molecular flexibility index (Phi) is 8.81. The zero-order chi connectivity index (χ0) is 33.0. The Hall–Kier alpha value is -2.98. The van der Waals surface area contributed by atoms with Crippen molar-refractivity contribution in [1.82, 2.24) is 5.32 Å². The minimum absolute atomic E-state index is 0.183. The van der Waals surface area contributed by atoms with Gasteiger partial charge in [0.15, 0.2) is 5.78 Å². The van der Waals surface area contributed by atoms with Crippen LogP contribution in [0.15, 0.2) is 36.4 Å². The average Bonchev–Trinajstić information content (AvgIpc) is 3.24. The monoisotopic (exact) mass is 605 g/mol. The van der Waals surface area contributed by atoms with Crippen LogP contribution in [0.3, 0.4) is 0 Å². The number of aryl methyl sites for hydroxylation is 1. The van der Waals surface area contributed by atoms with Gasteiger partial charge >= 0.3 is 20.2 Å². The number of hydrogen-bond acceptors (Lipinski definition) is 8. The van der Waals surface area contributed by atoms with Crippen LogP contribution in [0.25, 0.3) is 0 Å². The average molecular weight is 605 g/mol. The Labute approximate surface area is 262 Å². The van der Waals surface area contributed by atoms with Gasteiger partial charge in [-0.05, 0) is 112 Å². The lowest BCUT2D eigenvalue weighted by atomic mass is 9.75. The van der Waals surface area contributed by atoms with E-state index in [4.69, 9.17) is 23.4 Å². The van der Waals surface area contributed by atoms with Crippen LogP contribution in [-0.4, -0.2) is 66.4 Å². The van der Waals surface area contributed by atoms with Crippen LogP contribution in [-0.2, 0) is 28.1 Å². The first-order valence-electron chi connectivity index (χ1n) is 15.0. The number of carbonyl (C=O) groups is 3. The van der Waals surface area contributed by atoms with Crippen LogP contribution in [0.4, 0.5) is 0 Å². The van der Waals surface area contributed by atoms with Gasteiger partial charge in [0.05, 0.1) is 22.4 Å². The summed E-state index contributed by atoms with van der Waals surface area (Å²) in [5, 5.41) is 2.61. The number of benzene rings is 2. The molecule has 11 heteroatoms. The molecule has 2 fully saturated rings. The quantitative estimate of drug-likeness (QED) is 0.288. The molecule has 4 rings (SSSR count). The topological polar surface area (TPSA) is 109 Å². The maximum Gasteiger partial charge on any atom is 0.494 e. The molecule has 0 aliphatic carbocycles. The summed E-state index contributed by atoms with van der Waals surface area (Å²) in [6.07, 6.45) is 0. The first kappa shape index (κ1) is 33.9. The van der Waals surface area contributed by atoms with Gasteiger partial charge in [0, 0.05) is 16.7 Å². The van der Waals surface area contributed by atoms with Gasteiger partial charge in [-0.15, -0.1) is 0 Å². The molecule has 0 bridgehead atoms. The van der Waals surface area contributed by atoms with Crippen molar-refractivity contribution in [3.63, 3.8) is 0 Å². The van der Waals surface area contributed by atoms with E-state index in [1.165, 1.54) is 6.07 Å². The molecule has 2 heterocycles. The van der Waals surface area contributed by atoms with Crippen molar-refractivity contribution in [2.45, 2.75) is 111 Å². The predicted molar refractivity (Wildman–Crippen MR) is 171 cm³/mol. The Morgan fingerprint density at radius 2 is 1.09 bits per heavy atom. The van der Waals surface area contributed by atoms with Crippen molar-refractivity contribution >= 4 is 42.8 Å². The van der Waals surface area contributed by atoms with Crippen molar-refractivity contribution in [2.75, 3.05) is 6.54 Å². The lowest BCUT2D eigenvalue weighted by molar-refractivity contribution is -0.153. The van der Waals surface area contributed by atoms with Crippen molar-refractivity contribution in [3.05, 3.63) is 58.7 Å². The Morgan fingerprint density at radius 1 is 0.682 bits per heavy atom. The molecule has 2 aromatic carbocycles. The molecule has 2 aliphatic heterocycles. The molecule has 9 nitrogen and oxygen atoms in total. The molecule has 2 aliphatic rings. The van der Waals surface area contributed by atoms with E-state index < -0.39 is 54.1 Å². The maximum atomic E-state index is 14.1. The molecular formula is C33H45B2NO8. The number of amides is 1. The highest BCUT2D eigenvalue weighted by atomic mass is 16.7. The highest BCUT2D eigenvalue weighted by molar-refractivity contribution is 6.63. The van der Waals surface area contributed by atoms with Gasteiger partial charge in [0.2, 0.25) is 0 Å². The van der Waals surface area contributed by atoms with Gasteiger partial charge < -0.3 is 28.7 Å². The summed E-state index contributed by atoms with van der Waals surface area (Å²) in [6.45, 7) is 22.5. The third-order valence-corrected chi connectivity index (χ3v) is 8.71. The summed E-state index contributed by atoms with van der Waals surface area (Å²) in [4.78, 5) is 39.7. The molecule has 2 saturated heterocycles. The highest BCUT2D eigenvalue weighted by Gasteiger charge is 2.53. The third-order valence-electron chi connectivity index (χ3n) is 8.71. The molecule has 44 heavy (non-hydrogen) atoms. The van der Waals surface area contributed by atoms with Gasteiger partial charge in [-0.2, -0.15) is 0 Å². The SMILES string of the molecule is Cc1cc(B2OC(C)(C)C(C)(C)O2)cc(C(=O)c2cc(B3OC(C)(C)C(C)(C)O3)cc(C(=O)NCC(=O)OC(C)(C)C)c2)c1. The van der Waals surface area contributed by atoms with Gasteiger partial charge in [0.1, 0.15) is 12.1 Å². The maximum absolute atomic E-state index is 14.1. The summed E-state index contributed by atoms with van der Waals surface area (Å²) < 4.78 is 30.3. The molecule has 0 atom stereocenters. The van der Waals surface area contributed by atoms with Crippen LogP contribution >= 0.6 is 0 Å². The lowest BCUT2D eigenvalue weighted by Crippen LogP contribution is -2.41. The molecule has 236 valence electrons. The fourth-order valence-corrected chi connectivity index (χ4v) is 4.89. The molecular weight excluding hydrogens is 560 g/mol. The predicted octanol–water partition coefficient (Wildman–Crippen LogP) is 3.90. The number of ketones is 1. The number of ether oxygens (including phenoxy) is 1. The minimum Gasteiger partial charge on any atom is -0.459 e. The van der Waals surface area contributed by atoms with Gasteiger partial charge in [-0.3, -0.25) is 14.4 Å². The van der Waals surface area contributed by atoms with E-state index in [-0.39, 0.29) is 23.5 Å². The summed E-state index contributed by atoms with van der Waals surface area (Å²) in [5.74, 6) is -1.41. The Morgan fingerprint density at radius 3 is 1.55 bits per heavy atom. The van der Waals surface area contributed by atoms with E-state index in [0.29, 0.717) is 11.0 Å². The van der Waals surface area contributed by atoms with Crippen molar-refractivity contribution in [2.24, 2.45) is 0 Å². The molecule has 1 N–H and O–H groups in total. The second kappa shape index (κ2) is 11.4. The first-order chi connectivity index (χ1) is 20.0. The van der Waals surface area contributed by atoms with E-state index in [0.717, 1.165) is 11.0 Å². The molecule has 0 radical (unpaired) electrons. The third kappa shape index (κ3) is 7.12. The van der Waals surface area contributed by atoms with E-state index in [1.807, 2.05) is 68.4 Å². The van der Waals surface area contributed by atoms with Crippen molar-refractivity contribution in [1.29, 1.82) is 0 Å². The second-order valence-corrected chi connectivity index (χ2v) is 14.8. The van der Waals surface area contributed by atoms with Crippen LogP contribution in [0.2, 0.25) is 0 Å². The zero-order valence-electron chi connectivity index (χ0n) is 28.1. The minimum atomic E-state index is -0.817. The van der Waals surface area contributed by atoms with E-state index in [9.17, 15) is 14.4 Å². The van der Waals surface area contributed by atoms with E-state index in [2.05, 4.69) is 5.32 Å². The molecule has 0 saturated carbocycles. The summed E-state index contributed by atoms with van der Waals surface area (Å²) in [7, 11) is -1.46. The number of esters is 1. The number of rotatable bonds is 7. The lowest BCUT2D eigenvalue weighted by Gasteiger charge is -2.32. The normalized spacial score (nSPS) is 20.0. The van der Waals surface area contributed by atoms with E-state index in [1.54, 1.807) is 45.0 Å². The molecule has 0 aromatic heterocycles. The summed E-state index contributed by atoms with van der Waals surface area (Å²) in [6, 6.07) is 10.3. The van der Waals surface area contributed by atoms with Gasteiger partial charge in [0.25, 0.3) is 5.91 Å². The van der Waals surface area contributed by atoms with Gasteiger partial charge in [-0.1, -0.05) is 23.8 Å². The fourth-order valence-electron chi connectivity index (χ4n) is 4.89. The number of nitrogens with one attached hydrogen (secondary N) is 1. The van der Waals surface area contributed by atoms with Crippen LogP contribution in [0.1, 0.15) is 108 Å². The fraction of sp³-hybridized carbons (Fsp3) is 0.545. The standard InChI is InChI=1S/C33H45B2NO8/c1-20-13-21(16-24(14-20)34-41-30(5,6)31(7,8)42-34)27(38)22-15-23(28(39)36-19-26(37)40-29(2,3)4)18-25(17-22)35-43-32(9,10)33(11,12)44-35/h13-18H,19H2,1-12H3,(H,36,39). The molecule has 1 amide bonds. The number of hydrogen-bond donors (Lipinski definition) is 1. The first-order valence-corrected chi connectivity index (χ1v) is 15.0. The van der Waals surface area contributed by atoms with E-state index >= 15 is 0 Å². The Balaban J connectivity index is 1.70. The molecule has 0 unspecified atom stereocenters. The largest absolute Gasteiger partial charge is 0.494 e. The van der Waals surface area contributed by atoms with Crippen molar-refractivity contribution in [3.8, 4) is 0 Å². The Bertz CT molecular complexity index is 1440. The molecule has 0 spiro atoms. The second-order valence-electron chi connectivity index (χ2n) is 14.8. The summed E-state index contributed by atoms with van der Waals surface area (Å²) in [5.41, 5.74) is -0.0671. The zero-order valence-corrected chi connectivity index (χ0v) is 28.1. The smallest absolute Gasteiger partial charge is 0.459 e. The number of carbonyl (C=O) groups excluding carboxylic acids is 3. The highest BCUT2D eigenvalue weighted by Crippen LogP contribution is 2.37. The van der Waals surface area contributed by atoms with Crippen LogP contribution < -0.4 is 16.2 Å². The van der Waals surface area contributed by atoms with Gasteiger partial charge in [-0.25, -0.2) is 0 Å². The molecule has 2 aromatic rings. The van der Waals surface area contributed by atoms with Crippen LogP contribution in [0, 0.1) is 6.92 Å².